The zero-order valence-electron chi connectivity index (χ0n) is 24.0. The van der Waals surface area contributed by atoms with Crippen LogP contribution in [0.1, 0.15) is 72.7 Å². The van der Waals surface area contributed by atoms with Crippen LogP contribution in [0.5, 0.6) is 0 Å². The number of nitrogens with zero attached hydrogens (tertiary/aromatic N) is 1. The molecule has 1 aliphatic carbocycles. The van der Waals surface area contributed by atoms with Crippen LogP contribution in [0.2, 0.25) is 10.2 Å². The smallest absolute Gasteiger partial charge is 0.550 e. The molecule has 2 heterocycles. The van der Waals surface area contributed by atoms with Crippen LogP contribution in [0.3, 0.4) is 0 Å². The number of hydrogen-bond donors (Lipinski definition) is 1. The Morgan fingerprint density at radius 2 is 1.90 bits per heavy atom. The number of benzene rings is 2. The fourth-order valence-corrected chi connectivity index (χ4v) is 7.09. The molecule has 0 saturated heterocycles. The molecule has 0 spiro atoms. The van der Waals surface area contributed by atoms with E-state index in [0.29, 0.717) is 16.1 Å². The predicted octanol–water partition coefficient (Wildman–Crippen LogP) is 4.86. The quantitative estimate of drug-likeness (QED) is 0.225. The Balaban J connectivity index is 0.00000405. The van der Waals surface area contributed by atoms with E-state index in [1.165, 1.54) is 5.56 Å². The Morgan fingerprint density at radius 3 is 2.62 bits per heavy atom. The van der Waals surface area contributed by atoms with Crippen LogP contribution in [0.4, 0.5) is 0 Å². The molecule has 1 saturated carbocycles. The summed E-state index contributed by atoms with van der Waals surface area (Å²) in [7, 11) is 0. The molecule has 0 bridgehead atoms. The van der Waals surface area contributed by atoms with Gasteiger partial charge in [-0.05, 0) is 109 Å². The first-order chi connectivity index (χ1) is 19.5. The van der Waals surface area contributed by atoms with Crippen molar-refractivity contribution in [3.63, 3.8) is 0 Å². The van der Waals surface area contributed by atoms with Gasteiger partial charge in [-0.2, -0.15) is 11.8 Å². The largest absolute Gasteiger partial charge is 1.00 e. The molecule has 0 aliphatic heterocycles. The monoisotopic (exact) mass is 631 g/mol. The van der Waals surface area contributed by atoms with Gasteiger partial charge in [-0.3, -0.25) is 0 Å². The van der Waals surface area contributed by atoms with Crippen LogP contribution in [0.25, 0.3) is 23.3 Å². The summed E-state index contributed by atoms with van der Waals surface area (Å²) < 4.78 is 5.41. The van der Waals surface area contributed by atoms with Crippen molar-refractivity contribution in [1.29, 1.82) is 0 Å². The fourth-order valence-electron chi connectivity index (χ4n) is 5.17. The summed E-state index contributed by atoms with van der Waals surface area (Å²) in [4.78, 5) is 15.9. The van der Waals surface area contributed by atoms with E-state index in [4.69, 9.17) is 27.6 Å². The molecule has 2 aromatic heterocycles. The number of aliphatic hydroxyl groups is 1. The number of rotatable bonds is 12. The molecule has 214 valence electrons. The first-order valence-electron chi connectivity index (χ1n) is 13.7. The number of furan rings is 1. The molecule has 42 heavy (non-hydrogen) atoms. The molecule has 0 unspecified atom stereocenters. The number of carbonyl (C=O) groups excluding carboxylic acids is 1. The van der Waals surface area contributed by atoms with Crippen LogP contribution in [-0.2, 0) is 16.8 Å². The van der Waals surface area contributed by atoms with Gasteiger partial charge in [-0.15, -0.1) is 0 Å². The van der Waals surface area contributed by atoms with Gasteiger partial charge in [0.15, 0.2) is 5.58 Å². The van der Waals surface area contributed by atoms with E-state index in [2.05, 4.69) is 23.2 Å². The van der Waals surface area contributed by atoms with Gasteiger partial charge in [0.1, 0.15) is 10.5 Å². The van der Waals surface area contributed by atoms with Crippen LogP contribution >= 0.6 is 35.0 Å². The number of pyridine rings is 1. The molecule has 9 heteroatoms. The maximum atomic E-state index is 11.4. The maximum absolute atomic E-state index is 11.4. The second kappa shape index (κ2) is 13.9. The van der Waals surface area contributed by atoms with E-state index in [9.17, 15) is 15.0 Å². The van der Waals surface area contributed by atoms with E-state index in [0.717, 1.165) is 53.8 Å². The van der Waals surface area contributed by atoms with Gasteiger partial charge in [0.2, 0.25) is 5.22 Å². The number of carbonyl (C=O) groups is 1. The van der Waals surface area contributed by atoms with E-state index >= 15 is 0 Å². The fraction of sp³-hybridized carbons (Fsp3) is 0.333. The minimum atomic E-state index is -0.975. The molecular formula is C33H32Cl2NNaO4S. The third-order valence-electron chi connectivity index (χ3n) is 7.61. The number of thioether (sulfide) groups is 1. The SMILES string of the molecule is CC(C)(O)c1ccccc1CC[C@@H](SCC1(CC(=O)[O-])CC1)c1cccc(C=Cc2ccc3oc(Cl)c(Cl)c3n2)c1.[Na+]. The number of aliphatic carboxylic acids is 1. The van der Waals surface area contributed by atoms with Crippen molar-refractivity contribution in [3.05, 3.63) is 98.9 Å². The van der Waals surface area contributed by atoms with Crippen LogP contribution in [0, 0.1) is 5.41 Å². The van der Waals surface area contributed by atoms with Gasteiger partial charge < -0.3 is 19.4 Å². The minimum absolute atomic E-state index is 0. The number of hydrogen-bond acceptors (Lipinski definition) is 6. The number of fused-ring (bicyclic) bond motifs is 1. The third kappa shape index (κ3) is 8.23. The number of halogens is 2. The van der Waals surface area contributed by atoms with Crippen molar-refractivity contribution in [1.82, 2.24) is 4.98 Å². The van der Waals surface area contributed by atoms with Crippen molar-refractivity contribution in [2.24, 2.45) is 5.41 Å². The molecule has 4 aromatic rings. The Hall–Kier alpha value is -1.77. The zero-order chi connectivity index (χ0) is 29.2. The number of aromatic nitrogens is 1. The first kappa shape index (κ1) is 33.1. The zero-order valence-corrected chi connectivity index (χ0v) is 28.4. The first-order valence-corrected chi connectivity index (χ1v) is 15.5. The molecular weight excluding hydrogens is 600 g/mol. The molecule has 5 rings (SSSR count). The van der Waals surface area contributed by atoms with Crippen molar-refractivity contribution < 1.29 is 49.0 Å². The molecule has 2 aromatic carbocycles. The number of carboxylic acid groups (broad SMARTS) is 1. The summed E-state index contributed by atoms with van der Waals surface area (Å²) in [6.07, 6.45) is 7.55. The second-order valence-electron chi connectivity index (χ2n) is 11.4. The van der Waals surface area contributed by atoms with Crippen molar-refractivity contribution in [3.8, 4) is 0 Å². The van der Waals surface area contributed by atoms with Crippen molar-refractivity contribution in [2.45, 2.75) is 56.8 Å². The summed E-state index contributed by atoms with van der Waals surface area (Å²) in [5.74, 6) is -0.201. The van der Waals surface area contributed by atoms with Gasteiger partial charge in [-0.1, -0.05) is 66.2 Å². The predicted molar refractivity (Wildman–Crippen MR) is 166 cm³/mol. The Kier molecular flexibility index (Phi) is 11.0. The summed E-state index contributed by atoms with van der Waals surface area (Å²) >= 11 is 14.0. The van der Waals surface area contributed by atoms with Crippen LogP contribution in [0.15, 0.2) is 65.1 Å². The Labute approximate surface area is 283 Å². The summed E-state index contributed by atoms with van der Waals surface area (Å²) in [5, 5.41) is 22.7. The number of carboxylic acids is 1. The normalized spacial score (nSPS) is 15.1. The minimum Gasteiger partial charge on any atom is -0.550 e. The average molecular weight is 633 g/mol. The molecule has 1 fully saturated rings. The number of aryl methyl sites for hydroxylation is 1. The van der Waals surface area contributed by atoms with Gasteiger partial charge >= 0.3 is 29.6 Å². The van der Waals surface area contributed by atoms with Crippen LogP contribution in [-0.4, -0.2) is 21.8 Å². The van der Waals surface area contributed by atoms with Gasteiger partial charge in [0, 0.05) is 11.2 Å². The maximum Gasteiger partial charge on any atom is 1.00 e. The summed E-state index contributed by atoms with van der Waals surface area (Å²) in [6, 6.07) is 20.1. The van der Waals surface area contributed by atoms with Gasteiger partial charge in [0.05, 0.1) is 11.3 Å². The average Bonchev–Trinajstić information content (AvgIpc) is 3.63. The molecule has 1 aliphatic rings. The van der Waals surface area contributed by atoms with E-state index < -0.39 is 11.6 Å². The van der Waals surface area contributed by atoms with E-state index in [-0.39, 0.29) is 51.9 Å². The van der Waals surface area contributed by atoms with Gasteiger partial charge in [-0.25, -0.2) is 4.98 Å². The molecule has 1 atom stereocenters. The van der Waals surface area contributed by atoms with Crippen LogP contribution < -0.4 is 34.7 Å². The molecule has 0 radical (unpaired) electrons. The third-order valence-corrected chi connectivity index (χ3v) is 10.0. The van der Waals surface area contributed by atoms with Gasteiger partial charge in [0.25, 0.3) is 0 Å². The molecule has 1 N–H and O–H groups in total. The summed E-state index contributed by atoms with van der Waals surface area (Å²) in [5.41, 5.74) is 4.96. The van der Waals surface area contributed by atoms with E-state index in [1.54, 1.807) is 6.07 Å². The Bertz CT molecular complexity index is 1590. The van der Waals surface area contributed by atoms with E-state index in [1.807, 2.05) is 74.2 Å². The summed E-state index contributed by atoms with van der Waals surface area (Å²) in [6.45, 7) is 3.62. The van der Waals surface area contributed by atoms with Crippen molar-refractivity contribution >= 4 is 64.2 Å². The Morgan fingerprint density at radius 1 is 1.14 bits per heavy atom. The molecule has 0 amide bonds. The second-order valence-corrected chi connectivity index (χ2v) is 13.3. The standard InChI is InChI=1S/C33H33Cl2NO4S.Na/c1-32(2,39)25-9-4-3-7-22(25)11-15-27(41-20-33(16-17-33)19-28(37)38)23-8-5-6-21(18-23)10-12-24-13-14-26-30(36-24)29(34)31(35)40-26;/h3-10,12-14,18,27,39H,11,15-17,19-20H2,1-2H3,(H,37,38);/q;+1/p-1/t27-;/m1./s1. The van der Waals surface area contributed by atoms with Crippen molar-refractivity contribution in [2.75, 3.05) is 5.75 Å². The topological polar surface area (TPSA) is 86.4 Å². The molecule has 5 nitrogen and oxygen atoms in total.